The third kappa shape index (κ3) is 2.48. The summed E-state index contributed by atoms with van der Waals surface area (Å²) in [5.74, 6) is 0.651. The molecule has 6 nitrogen and oxygen atoms in total. The molecule has 0 amide bonds. The molecule has 0 atom stereocenters. The van der Waals surface area contributed by atoms with Gasteiger partial charge < -0.3 is 15.4 Å². The second-order valence-electron chi connectivity index (χ2n) is 3.95. The molecule has 0 spiro atoms. The van der Waals surface area contributed by atoms with Gasteiger partial charge in [-0.15, -0.1) is 0 Å². The van der Waals surface area contributed by atoms with Crippen molar-refractivity contribution in [2.24, 2.45) is 0 Å². The van der Waals surface area contributed by atoms with Gasteiger partial charge in [0.1, 0.15) is 0 Å². The van der Waals surface area contributed by atoms with Gasteiger partial charge >= 0.3 is 6.01 Å². The largest absolute Gasteiger partial charge is 0.467 e. The molecule has 1 aromatic carbocycles. The molecular weight excluding hydrogens is 230 g/mol. The molecule has 0 bridgehead atoms. The molecular formula is C12H15N5O. The molecule has 2 N–H and O–H groups in total. The van der Waals surface area contributed by atoms with Crippen molar-refractivity contribution in [1.82, 2.24) is 15.0 Å². The molecule has 2 aromatic rings. The number of anilines is 2. The number of hydrogen-bond donors (Lipinski definition) is 1. The summed E-state index contributed by atoms with van der Waals surface area (Å²) < 4.78 is 4.97. The monoisotopic (exact) mass is 245 g/mol. The molecule has 0 aliphatic carbocycles. The normalized spacial score (nSPS) is 10.2. The zero-order valence-corrected chi connectivity index (χ0v) is 10.6. The zero-order chi connectivity index (χ0) is 13.1. The Hall–Kier alpha value is -2.37. The van der Waals surface area contributed by atoms with Gasteiger partial charge in [0.15, 0.2) is 5.82 Å². The fourth-order valence-corrected chi connectivity index (χ4v) is 1.50. The van der Waals surface area contributed by atoms with Crippen molar-refractivity contribution < 1.29 is 4.74 Å². The summed E-state index contributed by atoms with van der Waals surface area (Å²) in [7, 11) is 5.46. The van der Waals surface area contributed by atoms with Crippen molar-refractivity contribution in [2.75, 3.05) is 31.8 Å². The maximum atomic E-state index is 5.60. The van der Waals surface area contributed by atoms with Gasteiger partial charge in [-0.1, -0.05) is 0 Å². The standard InChI is InChI=1S/C12H15N5O/c1-17(2)9-6-4-8(5-7-9)10-14-11(13)16-12(15-10)18-3/h4-7H,1-3H3,(H2,13,14,15,16). The van der Waals surface area contributed by atoms with E-state index in [0.29, 0.717) is 5.82 Å². The van der Waals surface area contributed by atoms with Crippen LogP contribution in [0, 0.1) is 0 Å². The van der Waals surface area contributed by atoms with Crippen molar-refractivity contribution in [3.63, 3.8) is 0 Å². The maximum Gasteiger partial charge on any atom is 0.321 e. The van der Waals surface area contributed by atoms with Gasteiger partial charge in [-0.25, -0.2) is 0 Å². The van der Waals surface area contributed by atoms with Crippen LogP contribution >= 0.6 is 0 Å². The summed E-state index contributed by atoms with van der Waals surface area (Å²) >= 11 is 0. The van der Waals surface area contributed by atoms with E-state index in [4.69, 9.17) is 10.5 Å². The van der Waals surface area contributed by atoms with E-state index in [2.05, 4.69) is 15.0 Å². The minimum Gasteiger partial charge on any atom is -0.467 e. The van der Waals surface area contributed by atoms with Crippen LogP contribution in [0.15, 0.2) is 24.3 Å². The molecule has 18 heavy (non-hydrogen) atoms. The molecule has 1 aromatic heterocycles. The lowest BCUT2D eigenvalue weighted by Crippen LogP contribution is -2.08. The van der Waals surface area contributed by atoms with Crippen LogP contribution in [0.1, 0.15) is 0 Å². The van der Waals surface area contributed by atoms with Gasteiger partial charge in [-0.2, -0.15) is 15.0 Å². The highest BCUT2D eigenvalue weighted by Crippen LogP contribution is 2.21. The Morgan fingerprint density at radius 3 is 2.28 bits per heavy atom. The van der Waals surface area contributed by atoms with Crippen LogP contribution in [0.3, 0.4) is 0 Å². The van der Waals surface area contributed by atoms with E-state index in [9.17, 15) is 0 Å². The third-order valence-corrected chi connectivity index (χ3v) is 2.46. The van der Waals surface area contributed by atoms with Crippen molar-refractivity contribution in [3.05, 3.63) is 24.3 Å². The fraction of sp³-hybridized carbons (Fsp3) is 0.250. The van der Waals surface area contributed by atoms with Crippen LogP contribution < -0.4 is 15.4 Å². The Kier molecular flexibility index (Phi) is 3.27. The summed E-state index contributed by atoms with van der Waals surface area (Å²) in [6.07, 6.45) is 0. The van der Waals surface area contributed by atoms with Gasteiger partial charge in [0.05, 0.1) is 7.11 Å². The van der Waals surface area contributed by atoms with E-state index < -0.39 is 0 Å². The first-order valence-electron chi connectivity index (χ1n) is 5.43. The fourth-order valence-electron chi connectivity index (χ4n) is 1.50. The number of rotatable bonds is 3. The van der Waals surface area contributed by atoms with Crippen molar-refractivity contribution in [1.29, 1.82) is 0 Å². The molecule has 2 rings (SSSR count). The van der Waals surface area contributed by atoms with Gasteiger partial charge in [-0.05, 0) is 24.3 Å². The highest BCUT2D eigenvalue weighted by Gasteiger charge is 2.07. The number of nitrogens with zero attached hydrogens (tertiary/aromatic N) is 4. The van der Waals surface area contributed by atoms with Gasteiger partial charge in [-0.3, -0.25) is 0 Å². The first-order valence-corrected chi connectivity index (χ1v) is 5.43. The first-order chi connectivity index (χ1) is 8.60. The topological polar surface area (TPSA) is 77.2 Å². The van der Waals surface area contributed by atoms with E-state index >= 15 is 0 Å². The first kappa shape index (κ1) is 12.1. The molecule has 6 heteroatoms. The lowest BCUT2D eigenvalue weighted by atomic mass is 10.2. The molecule has 0 radical (unpaired) electrons. The summed E-state index contributed by atoms with van der Waals surface area (Å²) in [6, 6.07) is 8.06. The SMILES string of the molecule is COc1nc(N)nc(-c2ccc(N(C)C)cc2)n1. The number of aromatic nitrogens is 3. The van der Waals surface area contributed by atoms with Crippen LogP contribution in [-0.4, -0.2) is 36.2 Å². The van der Waals surface area contributed by atoms with Crippen molar-refractivity contribution in [3.8, 4) is 17.4 Å². The lowest BCUT2D eigenvalue weighted by molar-refractivity contribution is 0.379. The summed E-state index contributed by atoms with van der Waals surface area (Å²) in [4.78, 5) is 14.1. The second-order valence-corrected chi connectivity index (χ2v) is 3.95. The van der Waals surface area contributed by atoms with E-state index in [1.165, 1.54) is 7.11 Å². The number of benzene rings is 1. The van der Waals surface area contributed by atoms with E-state index in [1.54, 1.807) is 0 Å². The van der Waals surface area contributed by atoms with Crippen LogP contribution in [0.2, 0.25) is 0 Å². The average molecular weight is 245 g/mol. The molecule has 0 fully saturated rings. The van der Waals surface area contributed by atoms with Crippen molar-refractivity contribution >= 4 is 11.6 Å². The number of ether oxygens (including phenoxy) is 1. The Labute approximate surface area is 105 Å². The minimum atomic E-state index is 0.147. The Balaban J connectivity index is 2.39. The van der Waals surface area contributed by atoms with Crippen molar-refractivity contribution in [2.45, 2.75) is 0 Å². The summed E-state index contributed by atoms with van der Waals surface area (Å²) in [5.41, 5.74) is 7.57. The second kappa shape index (κ2) is 4.87. The smallest absolute Gasteiger partial charge is 0.321 e. The summed E-state index contributed by atoms with van der Waals surface area (Å²) in [5, 5.41) is 0. The number of nitrogens with two attached hydrogens (primary N) is 1. The Bertz CT molecular complexity index is 539. The van der Waals surface area contributed by atoms with Crippen LogP contribution in [-0.2, 0) is 0 Å². The maximum absolute atomic E-state index is 5.60. The van der Waals surface area contributed by atoms with Gasteiger partial charge in [0.2, 0.25) is 5.95 Å². The van der Waals surface area contributed by atoms with E-state index in [-0.39, 0.29) is 12.0 Å². The zero-order valence-electron chi connectivity index (χ0n) is 10.6. The predicted molar refractivity (Wildman–Crippen MR) is 70.6 cm³/mol. The molecule has 1 heterocycles. The van der Waals surface area contributed by atoms with E-state index in [1.807, 2.05) is 43.3 Å². The summed E-state index contributed by atoms with van der Waals surface area (Å²) in [6.45, 7) is 0. The molecule has 0 saturated carbocycles. The lowest BCUT2D eigenvalue weighted by Gasteiger charge is -2.12. The Morgan fingerprint density at radius 1 is 1.06 bits per heavy atom. The van der Waals surface area contributed by atoms with Crippen LogP contribution in [0.25, 0.3) is 11.4 Å². The molecule has 0 unspecified atom stereocenters. The molecule has 94 valence electrons. The van der Waals surface area contributed by atoms with Crippen LogP contribution in [0.4, 0.5) is 11.6 Å². The molecule has 0 aliphatic heterocycles. The third-order valence-electron chi connectivity index (χ3n) is 2.46. The predicted octanol–water partition coefficient (Wildman–Crippen LogP) is 1.20. The van der Waals surface area contributed by atoms with Gasteiger partial charge in [0.25, 0.3) is 0 Å². The minimum absolute atomic E-state index is 0.147. The number of methoxy groups -OCH3 is 1. The molecule has 0 saturated heterocycles. The highest BCUT2D eigenvalue weighted by atomic mass is 16.5. The number of nitrogen functional groups attached to an aromatic ring is 1. The number of hydrogen-bond acceptors (Lipinski definition) is 6. The molecule has 0 aliphatic rings. The Morgan fingerprint density at radius 2 is 1.72 bits per heavy atom. The average Bonchev–Trinajstić information content (AvgIpc) is 2.38. The van der Waals surface area contributed by atoms with E-state index in [0.717, 1.165) is 11.3 Å². The highest BCUT2D eigenvalue weighted by molar-refractivity contribution is 5.60. The quantitative estimate of drug-likeness (QED) is 0.875. The van der Waals surface area contributed by atoms with Gasteiger partial charge in [0, 0.05) is 25.3 Å². The van der Waals surface area contributed by atoms with Crippen LogP contribution in [0.5, 0.6) is 6.01 Å².